The van der Waals surface area contributed by atoms with E-state index in [4.69, 9.17) is 0 Å². The summed E-state index contributed by atoms with van der Waals surface area (Å²) in [6.07, 6.45) is 4.94. The van der Waals surface area contributed by atoms with Crippen LogP contribution in [0.1, 0.15) is 31.2 Å². The summed E-state index contributed by atoms with van der Waals surface area (Å²) in [7, 11) is 0. The third-order valence-corrected chi connectivity index (χ3v) is 4.36. The van der Waals surface area contributed by atoms with Gasteiger partial charge in [0.05, 0.1) is 6.42 Å². The van der Waals surface area contributed by atoms with Gasteiger partial charge in [-0.05, 0) is 48.7 Å². The number of alkyl halides is 2. The van der Waals surface area contributed by atoms with Crippen molar-refractivity contribution in [3.8, 4) is 5.75 Å². The second-order valence-corrected chi connectivity index (χ2v) is 6.46. The molecule has 1 aliphatic carbocycles. The molecule has 0 radical (unpaired) electrons. The Bertz CT molecular complexity index is 746. The predicted octanol–water partition coefficient (Wildman–Crippen LogP) is 4.82. The highest BCUT2D eigenvalue weighted by atomic mass is 19.3. The van der Waals surface area contributed by atoms with Crippen molar-refractivity contribution in [2.45, 2.75) is 44.8 Å². The average Bonchev–Trinajstić information content (AvgIpc) is 3.07. The first-order valence-corrected chi connectivity index (χ1v) is 8.79. The molecule has 1 saturated carbocycles. The molecule has 0 saturated heterocycles. The largest absolute Gasteiger partial charge is 0.435 e. The minimum atomic E-state index is -2.88. The van der Waals surface area contributed by atoms with Crippen molar-refractivity contribution in [3.05, 3.63) is 54.1 Å². The number of nitrogens with one attached hydrogen (secondary N) is 2. The summed E-state index contributed by atoms with van der Waals surface area (Å²) in [5, 5.41) is 6.34. The van der Waals surface area contributed by atoms with Crippen molar-refractivity contribution in [2.24, 2.45) is 0 Å². The van der Waals surface area contributed by atoms with Crippen LogP contribution >= 0.6 is 0 Å². The third-order valence-electron chi connectivity index (χ3n) is 4.36. The quantitative estimate of drug-likeness (QED) is 0.744. The molecule has 2 N–H and O–H groups in total. The minimum Gasteiger partial charge on any atom is -0.435 e. The maximum absolute atomic E-state index is 12.3. The van der Waals surface area contributed by atoms with E-state index in [1.807, 2.05) is 24.3 Å². The van der Waals surface area contributed by atoms with Gasteiger partial charge in [-0.1, -0.05) is 31.0 Å². The monoisotopic (exact) mass is 360 g/mol. The van der Waals surface area contributed by atoms with Gasteiger partial charge >= 0.3 is 6.61 Å². The number of hydrogen-bond acceptors (Lipinski definition) is 3. The summed E-state index contributed by atoms with van der Waals surface area (Å²) >= 11 is 0. The van der Waals surface area contributed by atoms with Crippen LogP contribution in [-0.4, -0.2) is 18.6 Å². The standard InChI is InChI=1S/C20H22F2N2O2/c21-20(22)26-18-10-3-5-14(11-18)12-19(25)24-17-9-4-8-16(13-17)23-15-6-1-2-7-15/h3-5,8-11,13,15,20,23H,1-2,6-7,12H2,(H,24,25). The molecule has 1 amide bonds. The molecule has 1 fully saturated rings. The fourth-order valence-corrected chi connectivity index (χ4v) is 3.21. The van der Waals surface area contributed by atoms with E-state index in [-0.39, 0.29) is 18.1 Å². The van der Waals surface area contributed by atoms with Gasteiger partial charge in [-0.3, -0.25) is 4.79 Å². The molecule has 3 rings (SSSR count). The molecule has 4 nitrogen and oxygen atoms in total. The fraction of sp³-hybridized carbons (Fsp3) is 0.350. The molecule has 0 heterocycles. The summed E-state index contributed by atoms with van der Waals surface area (Å²) in [6.45, 7) is -2.88. The van der Waals surface area contributed by atoms with Gasteiger partial charge < -0.3 is 15.4 Å². The number of anilines is 2. The lowest BCUT2D eigenvalue weighted by atomic mass is 10.1. The van der Waals surface area contributed by atoms with Gasteiger partial charge in [0, 0.05) is 17.4 Å². The number of carbonyl (C=O) groups excluding carboxylic acids is 1. The van der Waals surface area contributed by atoms with Crippen LogP contribution in [0.3, 0.4) is 0 Å². The first-order chi connectivity index (χ1) is 12.6. The van der Waals surface area contributed by atoms with Gasteiger partial charge in [0.2, 0.25) is 5.91 Å². The zero-order chi connectivity index (χ0) is 18.4. The molecule has 0 bridgehead atoms. The Kier molecular flexibility index (Phi) is 6.04. The van der Waals surface area contributed by atoms with Crippen LogP contribution in [0.25, 0.3) is 0 Å². The Morgan fingerprint density at radius 3 is 2.58 bits per heavy atom. The molecule has 2 aromatic carbocycles. The number of benzene rings is 2. The molecule has 1 aliphatic rings. The first kappa shape index (κ1) is 18.2. The number of amides is 1. The second kappa shape index (κ2) is 8.65. The van der Waals surface area contributed by atoms with E-state index in [0.29, 0.717) is 17.3 Å². The molecule has 26 heavy (non-hydrogen) atoms. The van der Waals surface area contributed by atoms with Crippen LogP contribution in [-0.2, 0) is 11.2 Å². The van der Waals surface area contributed by atoms with Crippen molar-refractivity contribution in [1.29, 1.82) is 0 Å². The molecule has 0 aromatic heterocycles. The van der Waals surface area contributed by atoms with E-state index in [1.165, 1.54) is 37.8 Å². The van der Waals surface area contributed by atoms with Gasteiger partial charge in [0.15, 0.2) is 0 Å². The van der Waals surface area contributed by atoms with E-state index < -0.39 is 6.61 Å². The van der Waals surface area contributed by atoms with E-state index in [0.717, 1.165) is 5.69 Å². The normalized spacial score (nSPS) is 14.4. The molecule has 0 atom stereocenters. The lowest BCUT2D eigenvalue weighted by molar-refractivity contribution is -0.115. The zero-order valence-corrected chi connectivity index (χ0v) is 14.4. The predicted molar refractivity (Wildman–Crippen MR) is 97.7 cm³/mol. The van der Waals surface area contributed by atoms with Crippen molar-refractivity contribution in [2.75, 3.05) is 10.6 Å². The maximum Gasteiger partial charge on any atom is 0.387 e. The summed E-state index contributed by atoms with van der Waals surface area (Å²) < 4.78 is 28.9. The highest BCUT2D eigenvalue weighted by molar-refractivity contribution is 5.92. The van der Waals surface area contributed by atoms with Crippen LogP contribution in [0, 0.1) is 0 Å². The SMILES string of the molecule is O=C(Cc1cccc(OC(F)F)c1)Nc1cccc(NC2CCCC2)c1. The summed E-state index contributed by atoms with van der Waals surface area (Å²) in [4.78, 5) is 12.3. The molecule has 0 unspecified atom stereocenters. The van der Waals surface area contributed by atoms with Gasteiger partial charge in [-0.25, -0.2) is 0 Å². The topological polar surface area (TPSA) is 50.4 Å². The van der Waals surface area contributed by atoms with Gasteiger partial charge in [0.25, 0.3) is 0 Å². The zero-order valence-electron chi connectivity index (χ0n) is 14.4. The number of halogens is 2. The average molecular weight is 360 g/mol. The maximum atomic E-state index is 12.3. The van der Waals surface area contributed by atoms with E-state index in [2.05, 4.69) is 15.4 Å². The van der Waals surface area contributed by atoms with Crippen LogP contribution in [0.4, 0.5) is 20.2 Å². The first-order valence-electron chi connectivity index (χ1n) is 8.79. The smallest absolute Gasteiger partial charge is 0.387 e. The van der Waals surface area contributed by atoms with Gasteiger partial charge in [-0.2, -0.15) is 8.78 Å². The molecular formula is C20H22F2N2O2. The lowest BCUT2D eigenvalue weighted by Gasteiger charge is -2.14. The summed E-state index contributed by atoms with van der Waals surface area (Å²) in [5.41, 5.74) is 2.31. The Morgan fingerprint density at radius 1 is 1.08 bits per heavy atom. The lowest BCUT2D eigenvalue weighted by Crippen LogP contribution is -2.16. The molecular weight excluding hydrogens is 338 g/mol. The number of rotatable bonds is 7. The molecule has 2 aromatic rings. The number of carbonyl (C=O) groups is 1. The number of ether oxygens (including phenoxy) is 1. The van der Waals surface area contributed by atoms with E-state index in [1.54, 1.807) is 12.1 Å². The summed E-state index contributed by atoms with van der Waals surface area (Å²) in [6, 6.07) is 14.3. The fourth-order valence-electron chi connectivity index (χ4n) is 3.21. The summed E-state index contributed by atoms with van der Waals surface area (Å²) in [5.74, 6) is -0.162. The van der Waals surface area contributed by atoms with Crippen molar-refractivity contribution < 1.29 is 18.3 Å². The van der Waals surface area contributed by atoms with Crippen molar-refractivity contribution >= 4 is 17.3 Å². The Balaban J connectivity index is 1.57. The molecule has 0 spiro atoms. The molecule has 0 aliphatic heterocycles. The van der Waals surface area contributed by atoms with E-state index in [9.17, 15) is 13.6 Å². The van der Waals surface area contributed by atoms with E-state index >= 15 is 0 Å². The Morgan fingerprint density at radius 2 is 1.81 bits per heavy atom. The van der Waals surface area contributed by atoms with Crippen molar-refractivity contribution in [1.82, 2.24) is 0 Å². The molecule has 138 valence electrons. The Hall–Kier alpha value is -2.63. The highest BCUT2D eigenvalue weighted by Crippen LogP contribution is 2.24. The third kappa shape index (κ3) is 5.44. The number of hydrogen-bond donors (Lipinski definition) is 2. The molecule has 6 heteroatoms. The highest BCUT2D eigenvalue weighted by Gasteiger charge is 2.14. The minimum absolute atomic E-state index is 0.0491. The van der Waals surface area contributed by atoms with Gasteiger partial charge in [0.1, 0.15) is 5.75 Å². The van der Waals surface area contributed by atoms with Gasteiger partial charge in [-0.15, -0.1) is 0 Å². The Labute approximate surface area is 151 Å². The van der Waals surface area contributed by atoms with Crippen LogP contribution in [0.15, 0.2) is 48.5 Å². The van der Waals surface area contributed by atoms with Crippen molar-refractivity contribution in [3.63, 3.8) is 0 Å². The second-order valence-electron chi connectivity index (χ2n) is 6.46. The van der Waals surface area contributed by atoms with Crippen LogP contribution in [0.2, 0.25) is 0 Å². The van der Waals surface area contributed by atoms with Crippen LogP contribution in [0.5, 0.6) is 5.75 Å². The van der Waals surface area contributed by atoms with Crippen LogP contribution < -0.4 is 15.4 Å².